The third-order valence-corrected chi connectivity index (χ3v) is 6.05. The number of rotatable bonds is 7. The molecule has 5 heteroatoms. The molecule has 1 N–H and O–H groups in total. The average molecular weight is 397 g/mol. The molecule has 1 aliphatic rings. The molecule has 2 aromatic rings. The van der Waals surface area contributed by atoms with E-state index in [1.54, 1.807) is 0 Å². The van der Waals surface area contributed by atoms with Gasteiger partial charge >= 0.3 is 0 Å². The van der Waals surface area contributed by atoms with Crippen molar-refractivity contribution in [2.75, 3.05) is 6.54 Å². The van der Waals surface area contributed by atoms with E-state index in [0.29, 0.717) is 23.7 Å². The molecule has 1 aliphatic carbocycles. The van der Waals surface area contributed by atoms with Crippen LogP contribution in [0.3, 0.4) is 0 Å². The van der Waals surface area contributed by atoms with Crippen LogP contribution in [0.15, 0.2) is 40.6 Å². The number of nitrogens with zero attached hydrogens (tertiary/aromatic N) is 3. The van der Waals surface area contributed by atoms with Crippen LogP contribution in [0.1, 0.15) is 65.3 Å². The second-order valence-corrected chi connectivity index (χ2v) is 9.86. The molecule has 0 radical (unpaired) electrons. The first-order valence-corrected chi connectivity index (χ1v) is 10.8. The van der Waals surface area contributed by atoms with E-state index in [9.17, 15) is 0 Å². The quantitative estimate of drug-likeness (QED) is 0.671. The Morgan fingerprint density at radius 1 is 1.24 bits per heavy atom. The van der Waals surface area contributed by atoms with E-state index in [1.165, 1.54) is 17.6 Å². The number of nitrogens with one attached hydrogen (secondary N) is 1. The van der Waals surface area contributed by atoms with Crippen LogP contribution in [0.25, 0.3) is 0 Å². The molecule has 0 saturated heterocycles. The predicted molar refractivity (Wildman–Crippen MR) is 116 cm³/mol. The van der Waals surface area contributed by atoms with Crippen LogP contribution in [0, 0.1) is 23.7 Å². The van der Waals surface area contributed by atoms with Crippen LogP contribution in [0.5, 0.6) is 0 Å². The zero-order valence-electron chi connectivity index (χ0n) is 18.8. The molecule has 0 saturated carbocycles. The van der Waals surface area contributed by atoms with Gasteiger partial charge in [0.25, 0.3) is 0 Å². The summed E-state index contributed by atoms with van der Waals surface area (Å²) in [5.74, 6) is 3.81. The van der Waals surface area contributed by atoms with Gasteiger partial charge in [-0.1, -0.05) is 52.3 Å². The lowest BCUT2D eigenvalue weighted by molar-refractivity contribution is 0.217. The normalized spacial score (nSPS) is 22.7. The SMILES string of the molecule is CC1=C[C@@H](CNCc2cccnc2)[C@H](C(C)C)C[C@H]1Cc1nnc(C(C)(C)C)o1. The van der Waals surface area contributed by atoms with Gasteiger partial charge in [-0.05, 0) is 48.6 Å². The van der Waals surface area contributed by atoms with Gasteiger partial charge in [0.15, 0.2) is 0 Å². The summed E-state index contributed by atoms with van der Waals surface area (Å²) in [6.45, 7) is 15.1. The molecule has 0 bridgehead atoms. The highest BCUT2D eigenvalue weighted by Gasteiger charge is 2.32. The van der Waals surface area contributed by atoms with Crippen molar-refractivity contribution in [1.82, 2.24) is 20.5 Å². The lowest BCUT2D eigenvalue weighted by Gasteiger charge is -2.37. The summed E-state index contributed by atoms with van der Waals surface area (Å²) in [6.07, 6.45) is 8.24. The molecule has 3 atom stereocenters. The summed E-state index contributed by atoms with van der Waals surface area (Å²) in [6, 6.07) is 4.11. The number of aromatic nitrogens is 3. The fourth-order valence-corrected chi connectivity index (χ4v) is 4.24. The molecule has 0 fully saturated rings. The summed E-state index contributed by atoms with van der Waals surface area (Å²) >= 11 is 0. The van der Waals surface area contributed by atoms with Crippen LogP contribution in [0.4, 0.5) is 0 Å². The molecule has 5 nitrogen and oxygen atoms in total. The minimum absolute atomic E-state index is 0.103. The highest BCUT2D eigenvalue weighted by atomic mass is 16.4. The molecular weight excluding hydrogens is 360 g/mol. The van der Waals surface area contributed by atoms with Crippen LogP contribution >= 0.6 is 0 Å². The largest absolute Gasteiger partial charge is 0.425 e. The van der Waals surface area contributed by atoms with E-state index in [1.807, 2.05) is 18.5 Å². The van der Waals surface area contributed by atoms with Crippen molar-refractivity contribution in [3.8, 4) is 0 Å². The standard InChI is InChI=1S/C24H36N4O/c1-16(2)21-11-19(12-22-27-28-23(29-22)24(4,5)6)17(3)10-20(21)15-26-14-18-8-7-9-25-13-18/h7-10,13,16,19-21,26H,11-12,14-15H2,1-6H3/t19-,20-,21-/m0/s1. The second-order valence-electron chi connectivity index (χ2n) is 9.86. The van der Waals surface area contributed by atoms with Gasteiger partial charge < -0.3 is 9.73 Å². The summed E-state index contributed by atoms with van der Waals surface area (Å²) in [4.78, 5) is 4.20. The third-order valence-electron chi connectivity index (χ3n) is 6.05. The molecule has 0 aliphatic heterocycles. The lowest BCUT2D eigenvalue weighted by atomic mass is 9.70. The molecule has 3 rings (SSSR count). The maximum atomic E-state index is 5.97. The summed E-state index contributed by atoms with van der Waals surface area (Å²) in [7, 11) is 0. The van der Waals surface area contributed by atoms with Gasteiger partial charge in [-0.2, -0.15) is 0 Å². The summed E-state index contributed by atoms with van der Waals surface area (Å²) in [5.41, 5.74) is 2.58. The number of pyridine rings is 1. The van der Waals surface area contributed by atoms with E-state index < -0.39 is 0 Å². The molecule has 0 aromatic carbocycles. The number of hydrogen-bond acceptors (Lipinski definition) is 5. The smallest absolute Gasteiger partial charge is 0.221 e. The zero-order chi connectivity index (χ0) is 21.0. The monoisotopic (exact) mass is 396 g/mol. The van der Waals surface area contributed by atoms with Crippen LogP contribution in [-0.4, -0.2) is 21.7 Å². The maximum absolute atomic E-state index is 5.97. The van der Waals surface area contributed by atoms with E-state index in [4.69, 9.17) is 4.42 Å². The fraction of sp³-hybridized carbons (Fsp3) is 0.625. The summed E-state index contributed by atoms with van der Waals surface area (Å²) < 4.78 is 5.97. The van der Waals surface area contributed by atoms with Crippen LogP contribution in [-0.2, 0) is 18.4 Å². The van der Waals surface area contributed by atoms with E-state index in [2.05, 4.69) is 74.2 Å². The lowest BCUT2D eigenvalue weighted by Crippen LogP contribution is -2.34. The molecule has 29 heavy (non-hydrogen) atoms. The van der Waals surface area contributed by atoms with Gasteiger partial charge in [-0.3, -0.25) is 4.98 Å². The first-order chi connectivity index (χ1) is 13.7. The van der Waals surface area contributed by atoms with Crippen molar-refractivity contribution in [2.45, 2.75) is 66.3 Å². The Balaban J connectivity index is 1.64. The van der Waals surface area contributed by atoms with Gasteiger partial charge in [0.2, 0.25) is 11.8 Å². The van der Waals surface area contributed by atoms with Gasteiger partial charge in [0.05, 0.1) is 0 Å². The van der Waals surface area contributed by atoms with E-state index in [0.717, 1.165) is 31.3 Å². The minimum Gasteiger partial charge on any atom is -0.425 e. The highest BCUT2D eigenvalue weighted by molar-refractivity contribution is 5.15. The summed E-state index contributed by atoms with van der Waals surface area (Å²) in [5, 5.41) is 12.2. The fourth-order valence-electron chi connectivity index (χ4n) is 4.24. The first-order valence-electron chi connectivity index (χ1n) is 10.8. The molecular formula is C24H36N4O. The average Bonchev–Trinajstić information content (AvgIpc) is 3.13. The highest BCUT2D eigenvalue weighted by Crippen LogP contribution is 2.38. The van der Waals surface area contributed by atoms with E-state index >= 15 is 0 Å². The van der Waals surface area contributed by atoms with Gasteiger partial charge in [0.1, 0.15) is 0 Å². The Bertz CT molecular complexity index is 804. The van der Waals surface area contributed by atoms with Crippen molar-refractivity contribution in [2.24, 2.45) is 23.7 Å². The number of hydrogen-bond donors (Lipinski definition) is 1. The van der Waals surface area contributed by atoms with Crippen molar-refractivity contribution in [1.29, 1.82) is 0 Å². The van der Waals surface area contributed by atoms with E-state index in [-0.39, 0.29) is 5.41 Å². The van der Waals surface area contributed by atoms with Crippen molar-refractivity contribution >= 4 is 0 Å². The topological polar surface area (TPSA) is 63.8 Å². The third kappa shape index (κ3) is 5.75. The Morgan fingerprint density at radius 3 is 2.66 bits per heavy atom. The van der Waals surface area contributed by atoms with Crippen molar-refractivity contribution < 1.29 is 4.42 Å². The Morgan fingerprint density at radius 2 is 2.03 bits per heavy atom. The molecule has 0 amide bonds. The van der Waals surface area contributed by atoms with Crippen molar-refractivity contribution in [3.63, 3.8) is 0 Å². The van der Waals surface area contributed by atoms with Gasteiger partial charge in [-0.15, -0.1) is 10.2 Å². The Kier molecular flexibility index (Phi) is 6.89. The maximum Gasteiger partial charge on any atom is 0.221 e. The Labute approximate surface area is 175 Å². The molecule has 2 heterocycles. The predicted octanol–water partition coefficient (Wildman–Crippen LogP) is 4.95. The zero-order valence-corrected chi connectivity index (χ0v) is 18.8. The first kappa shape index (κ1) is 21.7. The van der Waals surface area contributed by atoms with Crippen LogP contribution < -0.4 is 5.32 Å². The Hall–Kier alpha value is -2.01. The van der Waals surface area contributed by atoms with Gasteiger partial charge in [-0.25, -0.2) is 0 Å². The molecule has 0 unspecified atom stereocenters. The minimum atomic E-state index is -0.103. The van der Waals surface area contributed by atoms with Crippen molar-refractivity contribution in [3.05, 3.63) is 53.5 Å². The van der Waals surface area contributed by atoms with Gasteiger partial charge in [0, 0.05) is 37.3 Å². The van der Waals surface area contributed by atoms with Crippen LogP contribution in [0.2, 0.25) is 0 Å². The molecule has 2 aromatic heterocycles. The molecule has 0 spiro atoms. The number of allylic oxidation sites excluding steroid dienone is 1. The second kappa shape index (κ2) is 9.21. The molecule has 158 valence electrons.